The van der Waals surface area contributed by atoms with E-state index in [4.69, 9.17) is 0 Å². The maximum Gasteiger partial charge on any atom is 0.228 e. The highest BCUT2D eigenvalue weighted by molar-refractivity contribution is 5.93. The molecule has 2 N–H and O–H groups in total. The summed E-state index contributed by atoms with van der Waals surface area (Å²) in [7, 11) is 0. The van der Waals surface area contributed by atoms with Crippen molar-refractivity contribution in [3.8, 4) is 5.75 Å². The van der Waals surface area contributed by atoms with E-state index in [0.717, 1.165) is 11.3 Å². The highest BCUT2D eigenvalue weighted by Gasteiger charge is 2.18. The van der Waals surface area contributed by atoms with Gasteiger partial charge in [-0.25, -0.2) is 0 Å². The Morgan fingerprint density at radius 1 is 1.05 bits per heavy atom. The number of carbonyl (C=O) groups is 1. The predicted molar refractivity (Wildman–Crippen MR) is 85.6 cm³/mol. The lowest BCUT2D eigenvalue weighted by Crippen LogP contribution is -2.19. The van der Waals surface area contributed by atoms with Crippen molar-refractivity contribution in [3.63, 3.8) is 0 Å². The van der Waals surface area contributed by atoms with Crippen LogP contribution in [0.5, 0.6) is 5.75 Å². The van der Waals surface area contributed by atoms with Gasteiger partial charge < -0.3 is 10.4 Å². The first-order valence-corrected chi connectivity index (χ1v) is 7.04. The molecule has 3 heteroatoms. The minimum Gasteiger partial charge on any atom is -0.508 e. The van der Waals surface area contributed by atoms with E-state index >= 15 is 0 Å². The summed E-state index contributed by atoms with van der Waals surface area (Å²) < 4.78 is 0. The number of carbonyl (C=O) groups excluding carboxylic acids is 1. The Labute approximate surface area is 125 Å². The Hall–Kier alpha value is -2.29. The van der Waals surface area contributed by atoms with E-state index < -0.39 is 0 Å². The normalized spacial score (nSPS) is 11.2. The van der Waals surface area contributed by atoms with Crippen LogP contribution in [-0.2, 0) is 16.6 Å². The van der Waals surface area contributed by atoms with E-state index in [2.05, 4.69) is 26.1 Å². The third-order valence-electron chi connectivity index (χ3n) is 3.35. The van der Waals surface area contributed by atoms with E-state index in [9.17, 15) is 9.90 Å². The quantitative estimate of drug-likeness (QED) is 0.898. The molecule has 0 heterocycles. The Morgan fingerprint density at radius 2 is 1.67 bits per heavy atom. The topological polar surface area (TPSA) is 49.3 Å². The second kappa shape index (κ2) is 6.00. The summed E-state index contributed by atoms with van der Waals surface area (Å²) >= 11 is 0. The average Bonchev–Trinajstić information content (AvgIpc) is 2.41. The first-order valence-electron chi connectivity index (χ1n) is 7.04. The summed E-state index contributed by atoms with van der Waals surface area (Å²) in [6, 6.07) is 14.7. The zero-order valence-corrected chi connectivity index (χ0v) is 12.7. The number of anilines is 1. The van der Waals surface area contributed by atoms with Gasteiger partial charge in [0.1, 0.15) is 5.75 Å². The van der Waals surface area contributed by atoms with Crippen LogP contribution in [0.25, 0.3) is 0 Å². The van der Waals surface area contributed by atoms with Crippen molar-refractivity contribution in [3.05, 3.63) is 59.7 Å². The zero-order chi connectivity index (χ0) is 15.5. The number of hydrogen-bond acceptors (Lipinski definition) is 2. The number of para-hydroxylation sites is 2. The molecule has 0 bridgehead atoms. The van der Waals surface area contributed by atoms with Crippen molar-refractivity contribution in [2.45, 2.75) is 32.6 Å². The standard InChI is InChI=1S/C18H21NO2/c1-18(2,3)14-9-5-6-10-15(14)19-17(21)12-13-8-4-7-11-16(13)20/h4-11,20H,12H2,1-3H3,(H,19,21). The van der Waals surface area contributed by atoms with Gasteiger partial charge in [-0.3, -0.25) is 4.79 Å². The number of phenols is 1. The zero-order valence-electron chi connectivity index (χ0n) is 12.7. The van der Waals surface area contributed by atoms with Crippen molar-refractivity contribution < 1.29 is 9.90 Å². The smallest absolute Gasteiger partial charge is 0.228 e. The number of benzene rings is 2. The fraction of sp³-hybridized carbons (Fsp3) is 0.278. The summed E-state index contributed by atoms with van der Waals surface area (Å²) in [4.78, 5) is 12.2. The van der Waals surface area contributed by atoms with E-state index in [1.807, 2.05) is 30.3 Å². The lowest BCUT2D eigenvalue weighted by Gasteiger charge is -2.23. The van der Waals surface area contributed by atoms with Crippen molar-refractivity contribution >= 4 is 11.6 Å². The van der Waals surface area contributed by atoms with Gasteiger partial charge in [-0.2, -0.15) is 0 Å². The van der Waals surface area contributed by atoms with Crippen LogP contribution < -0.4 is 5.32 Å². The van der Waals surface area contributed by atoms with E-state index in [-0.39, 0.29) is 23.5 Å². The van der Waals surface area contributed by atoms with Crippen LogP contribution in [0, 0.1) is 0 Å². The Kier molecular flexibility index (Phi) is 4.32. The lowest BCUT2D eigenvalue weighted by molar-refractivity contribution is -0.115. The predicted octanol–water partition coefficient (Wildman–Crippen LogP) is 3.87. The summed E-state index contributed by atoms with van der Waals surface area (Å²) in [6.45, 7) is 6.34. The van der Waals surface area contributed by atoms with E-state index in [1.165, 1.54) is 0 Å². The van der Waals surface area contributed by atoms with Crippen LogP contribution in [0.4, 0.5) is 5.69 Å². The van der Waals surface area contributed by atoms with Crippen molar-refractivity contribution in [1.29, 1.82) is 0 Å². The molecular weight excluding hydrogens is 262 g/mol. The molecule has 0 aliphatic heterocycles. The molecule has 1 amide bonds. The fourth-order valence-electron chi connectivity index (χ4n) is 2.27. The number of amides is 1. The molecule has 3 nitrogen and oxygen atoms in total. The van der Waals surface area contributed by atoms with Crippen LogP contribution >= 0.6 is 0 Å². The summed E-state index contributed by atoms with van der Waals surface area (Å²) in [5.41, 5.74) is 2.50. The second-order valence-corrected chi connectivity index (χ2v) is 6.15. The Bertz CT molecular complexity index is 642. The molecule has 110 valence electrons. The molecule has 21 heavy (non-hydrogen) atoms. The third kappa shape index (κ3) is 3.85. The highest BCUT2D eigenvalue weighted by atomic mass is 16.3. The highest BCUT2D eigenvalue weighted by Crippen LogP contribution is 2.29. The molecular formula is C18H21NO2. The van der Waals surface area contributed by atoms with Crippen LogP contribution in [-0.4, -0.2) is 11.0 Å². The van der Waals surface area contributed by atoms with Crippen LogP contribution in [0.15, 0.2) is 48.5 Å². The molecule has 0 aliphatic carbocycles. The number of phenolic OH excluding ortho intramolecular Hbond substituents is 1. The van der Waals surface area contributed by atoms with Crippen LogP contribution in [0.2, 0.25) is 0 Å². The number of rotatable bonds is 3. The molecule has 2 aromatic carbocycles. The SMILES string of the molecule is CC(C)(C)c1ccccc1NC(=O)Cc1ccccc1O. The van der Waals surface area contributed by atoms with Gasteiger partial charge in [0.25, 0.3) is 0 Å². The number of nitrogens with one attached hydrogen (secondary N) is 1. The van der Waals surface area contributed by atoms with E-state index in [1.54, 1.807) is 18.2 Å². The Morgan fingerprint density at radius 3 is 2.33 bits per heavy atom. The molecule has 0 spiro atoms. The largest absolute Gasteiger partial charge is 0.508 e. The molecule has 0 atom stereocenters. The van der Waals surface area contributed by atoms with Crippen LogP contribution in [0.3, 0.4) is 0 Å². The first kappa shape index (κ1) is 15.1. The lowest BCUT2D eigenvalue weighted by atomic mass is 9.86. The van der Waals surface area contributed by atoms with Gasteiger partial charge in [0.15, 0.2) is 0 Å². The monoisotopic (exact) mass is 283 g/mol. The van der Waals surface area contributed by atoms with Gasteiger partial charge in [0.05, 0.1) is 6.42 Å². The molecule has 0 saturated heterocycles. The Balaban J connectivity index is 2.16. The molecule has 2 aromatic rings. The summed E-state index contributed by atoms with van der Waals surface area (Å²) in [6.07, 6.45) is 0.158. The van der Waals surface area contributed by atoms with Crippen molar-refractivity contribution in [2.75, 3.05) is 5.32 Å². The van der Waals surface area contributed by atoms with Crippen molar-refractivity contribution in [2.24, 2.45) is 0 Å². The molecule has 0 unspecified atom stereocenters. The second-order valence-electron chi connectivity index (χ2n) is 6.15. The minimum atomic E-state index is -0.131. The van der Waals surface area contributed by atoms with Crippen molar-refractivity contribution in [1.82, 2.24) is 0 Å². The third-order valence-corrected chi connectivity index (χ3v) is 3.35. The molecule has 0 radical (unpaired) electrons. The maximum atomic E-state index is 12.2. The molecule has 0 aliphatic rings. The van der Waals surface area contributed by atoms with E-state index in [0.29, 0.717) is 5.56 Å². The molecule has 0 fully saturated rings. The summed E-state index contributed by atoms with van der Waals surface area (Å²) in [5, 5.41) is 12.7. The number of aromatic hydroxyl groups is 1. The molecule has 0 aromatic heterocycles. The fourth-order valence-corrected chi connectivity index (χ4v) is 2.27. The van der Waals surface area contributed by atoms with Gasteiger partial charge in [0.2, 0.25) is 5.91 Å². The minimum absolute atomic E-state index is 0.0429. The van der Waals surface area contributed by atoms with Gasteiger partial charge in [-0.15, -0.1) is 0 Å². The van der Waals surface area contributed by atoms with Gasteiger partial charge in [-0.1, -0.05) is 57.2 Å². The van der Waals surface area contributed by atoms with Crippen LogP contribution in [0.1, 0.15) is 31.9 Å². The van der Waals surface area contributed by atoms with Gasteiger partial charge in [0, 0.05) is 11.3 Å². The number of hydrogen-bond donors (Lipinski definition) is 2. The van der Waals surface area contributed by atoms with Gasteiger partial charge >= 0.3 is 0 Å². The average molecular weight is 283 g/mol. The first-order chi connectivity index (χ1) is 9.88. The molecule has 2 rings (SSSR count). The molecule has 0 saturated carbocycles. The summed E-state index contributed by atoms with van der Waals surface area (Å²) in [5.74, 6) is 0.0185. The van der Waals surface area contributed by atoms with Gasteiger partial charge in [-0.05, 0) is 23.1 Å². The maximum absolute atomic E-state index is 12.2.